The van der Waals surface area contributed by atoms with E-state index in [2.05, 4.69) is 20.4 Å². The summed E-state index contributed by atoms with van der Waals surface area (Å²) in [6.45, 7) is 2.05. The number of nitrogens with one attached hydrogen (secondary N) is 1. The fourth-order valence-electron chi connectivity index (χ4n) is 4.00. The first-order chi connectivity index (χ1) is 15.1. The van der Waals surface area contributed by atoms with Crippen molar-refractivity contribution in [2.75, 3.05) is 5.32 Å². The van der Waals surface area contributed by atoms with Gasteiger partial charge in [0.05, 0.1) is 23.8 Å². The summed E-state index contributed by atoms with van der Waals surface area (Å²) in [4.78, 5) is 21.6. The highest BCUT2D eigenvalue weighted by atomic mass is 16.3. The molecule has 1 aliphatic rings. The average molecular weight is 411 g/mol. The van der Waals surface area contributed by atoms with Crippen LogP contribution in [0.3, 0.4) is 0 Å². The number of hydrogen-bond donors (Lipinski definition) is 2. The lowest BCUT2D eigenvalue weighted by Crippen LogP contribution is -2.15. The van der Waals surface area contributed by atoms with Crippen molar-refractivity contribution in [1.82, 2.24) is 19.7 Å². The molecule has 2 aromatic heterocycles. The van der Waals surface area contributed by atoms with Crippen LogP contribution in [0.25, 0.3) is 17.1 Å². The third-order valence-corrected chi connectivity index (χ3v) is 5.50. The molecule has 7 nitrogen and oxygen atoms in total. The van der Waals surface area contributed by atoms with Gasteiger partial charge in [0.15, 0.2) is 11.5 Å². The summed E-state index contributed by atoms with van der Waals surface area (Å²) in [6, 6.07) is 14.8. The van der Waals surface area contributed by atoms with E-state index in [0.717, 1.165) is 41.8 Å². The highest BCUT2D eigenvalue weighted by Gasteiger charge is 2.27. The van der Waals surface area contributed by atoms with E-state index in [9.17, 15) is 9.90 Å². The van der Waals surface area contributed by atoms with E-state index < -0.39 is 0 Å². The van der Waals surface area contributed by atoms with Crippen LogP contribution in [-0.2, 0) is 12.8 Å². The van der Waals surface area contributed by atoms with E-state index in [1.54, 1.807) is 30.6 Å². The second kappa shape index (κ2) is 7.68. The average Bonchev–Trinajstić information content (AvgIpc) is 3.38. The molecule has 0 fully saturated rings. The second-order valence-corrected chi connectivity index (χ2v) is 7.63. The van der Waals surface area contributed by atoms with Gasteiger partial charge in [-0.05, 0) is 49.9 Å². The third-order valence-electron chi connectivity index (χ3n) is 5.50. The standard InChI is InChI=1S/C24H21N5O2/c1-15-6-2-3-10-20(15)29-21-11-5-9-19(21)22(28-29)24(31)27-17-13-25-23(26-14-17)16-7-4-8-18(30)12-16/h2-4,6-8,10,12-14,30H,5,9,11H2,1H3,(H,27,31). The molecule has 0 aliphatic heterocycles. The third kappa shape index (κ3) is 3.54. The van der Waals surface area contributed by atoms with E-state index >= 15 is 0 Å². The summed E-state index contributed by atoms with van der Waals surface area (Å²) in [5.41, 5.74) is 5.88. The largest absolute Gasteiger partial charge is 0.508 e. The zero-order chi connectivity index (χ0) is 21.4. The number of carbonyl (C=O) groups is 1. The summed E-state index contributed by atoms with van der Waals surface area (Å²) < 4.78 is 1.91. The van der Waals surface area contributed by atoms with Gasteiger partial charge < -0.3 is 10.4 Å². The molecule has 154 valence electrons. The van der Waals surface area contributed by atoms with Crippen LogP contribution in [0.1, 0.15) is 33.7 Å². The van der Waals surface area contributed by atoms with Crippen LogP contribution in [-0.4, -0.2) is 30.8 Å². The molecule has 0 saturated heterocycles. The van der Waals surface area contributed by atoms with Crippen LogP contribution in [0.15, 0.2) is 60.9 Å². The van der Waals surface area contributed by atoms with Gasteiger partial charge in [-0.1, -0.05) is 30.3 Å². The molecule has 5 rings (SSSR count). The molecule has 0 bridgehead atoms. The van der Waals surface area contributed by atoms with Crippen molar-refractivity contribution in [3.05, 3.63) is 83.4 Å². The predicted molar refractivity (Wildman–Crippen MR) is 117 cm³/mol. The summed E-state index contributed by atoms with van der Waals surface area (Å²) in [7, 11) is 0. The normalized spacial score (nSPS) is 12.5. The number of amides is 1. The summed E-state index contributed by atoms with van der Waals surface area (Å²) in [5.74, 6) is 0.356. The molecular weight excluding hydrogens is 390 g/mol. The number of para-hydroxylation sites is 1. The molecule has 0 radical (unpaired) electrons. The minimum atomic E-state index is -0.265. The first-order valence-electron chi connectivity index (χ1n) is 10.2. The van der Waals surface area contributed by atoms with Crippen molar-refractivity contribution >= 4 is 11.6 Å². The molecule has 0 atom stereocenters. The van der Waals surface area contributed by atoms with Crippen LogP contribution in [0.2, 0.25) is 0 Å². The predicted octanol–water partition coefficient (Wildman–Crippen LogP) is 4.08. The van der Waals surface area contributed by atoms with Gasteiger partial charge in [0.25, 0.3) is 5.91 Å². The zero-order valence-corrected chi connectivity index (χ0v) is 17.0. The number of fused-ring (bicyclic) bond motifs is 1. The van der Waals surface area contributed by atoms with E-state index in [4.69, 9.17) is 0 Å². The molecule has 7 heteroatoms. The summed E-state index contributed by atoms with van der Waals surface area (Å²) >= 11 is 0. The van der Waals surface area contributed by atoms with Crippen molar-refractivity contribution in [3.8, 4) is 22.8 Å². The van der Waals surface area contributed by atoms with Gasteiger partial charge in [-0.15, -0.1) is 0 Å². The molecule has 2 N–H and O–H groups in total. The maximum atomic E-state index is 13.0. The number of aromatic nitrogens is 4. The second-order valence-electron chi connectivity index (χ2n) is 7.63. The fraction of sp³-hybridized carbons (Fsp3) is 0.167. The topological polar surface area (TPSA) is 92.9 Å². The van der Waals surface area contributed by atoms with Crippen LogP contribution in [0.5, 0.6) is 5.75 Å². The Morgan fingerprint density at radius 2 is 1.87 bits per heavy atom. The van der Waals surface area contributed by atoms with Crippen LogP contribution >= 0.6 is 0 Å². The van der Waals surface area contributed by atoms with Gasteiger partial charge in [0.2, 0.25) is 0 Å². The van der Waals surface area contributed by atoms with Gasteiger partial charge in [-0.3, -0.25) is 4.79 Å². The Morgan fingerprint density at radius 1 is 1.06 bits per heavy atom. The highest BCUT2D eigenvalue weighted by Crippen LogP contribution is 2.29. The first kappa shape index (κ1) is 19.0. The number of nitrogens with zero attached hydrogens (tertiary/aromatic N) is 4. The number of rotatable bonds is 4. The number of anilines is 1. The number of benzene rings is 2. The van der Waals surface area contributed by atoms with E-state index in [1.165, 1.54) is 0 Å². The number of aromatic hydroxyl groups is 1. The van der Waals surface area contributed by atoms with Gasteiger partial charge in [-0.2, -0.15) is 5.10 Å². The van der Waals surface area contributed by atoms with Crippen LogP contribution in [0, 0.1) is 6.92 Å². The number of hydrogen-bond acceptors (Lipinski definition) is 5. The molecule has 0 unspecified atom stereocenters. The van der Waals surface area contributed by atoms with Gasteiger partial charge in [-0.25, -0.2) is 14.6 Å². The van der Waals surface area contributed by atoms with Gasteiger partial charge in [0, 0.05) is 16.8 Å². The van der Waals surface area contributed by atoms with Crippen molar-refractivity contribution < 1.29 is 9.90 Å². The molecule has 4 aromatic rings. The monoisotopic (exact) mass is 411 g/mol. The van der Waals surface area contributed by atoms with Crippen molar-refractivity contribution in [1.29, 1.82) is 0 Å². The minimum Gasteiger partial charge on any atom is -0.508 e. The molecule has 31 heavy (non-hydrogen) atoms. The van der Waals surface area contributed by atoms with Crippen LogP contribution < -0.4 is 5.32 Å². The summed E-state index contributed by atoms with van der Waals surface area (Å²) in [6.07, 6.45) is 5.88. The van der Waals surface area contributed by atoms with Crippen molar-refractivity contribution in [2.24, 2.45) is 0 Å². The van der Waals surface area contributed by atoms with Crippen molar-refractivity contribution in [3.63, 3.8) is 0 Å². The Kier molecular flexibility index (Phi) is 4.71. The van der Waals surface area contributed by atoms with Crippen LogP contribution in [0.4, 0.5) is 5.69 Å². The Hall–Kier alpha value is -4.00. The molecule has 2 aromatic carbocycles. The lowest BCUT2D eigenvalue weighted by atomic mass is 10.1. The Labute approximate surface area is 179 Å². The summed E-state index contributed by atoms with van der Waals surface area (Å²) in [5, 5.41) is 17.2. The SMILES string of the molecule is Cc1ccccc1-n1nc(C(=O)Nc2cnc(-c3cccc(O)c3)nc2)c2c1CCC2. The number of carbonyl (C=O) groups excluding carboxylic acids is 1. The fourth-order valence-corrected chi connectivity index (χ4v) is 4.00. The highest BCUT2D eigenvalue weighted by molar-refractivity contribution is 6.04. The van der Waals surface area contributed by atoms with E-state index in [0.29, 0.717) is 22.8 Å². The number of phenolic OH excluding ortho intramolecular Hbond substituents is 1. The molecule has 2 heterocycles. The molecule has 1 amide bonds. The zero-order valence-electron chi connectivity index (χ0n) is 17.0. The van der Waals surface area contributed by atoms with Gasteiger partial charge in [0.1, 0.15) is 5.75 Å². The van der Waals surface area contributed by atoms with E-state index in [-0.39, 0.29) is 11.7 Å². The Balaban J connectivity index is 1.41. The minimum absolute atomic E-state index is 0.150. The van der Waals surface area contributed by atoms with Gasteiger partial charge >= 0.3 is 0 Å². The lowest BCUT2D eigenvalue weighted by Gasteiger charge is -2.08. The smallest absolute Gasteiger partial charge is 0.276 e. The molecule has 0 spiro atoms. The number of aryl methyl sites for hydroxylation is 1. The number of phenols is 1. The van der Waals surface area contributed by atoms with E-state index in [1.807, 2.05) is 41.9 Å². The maximum Gasteiger partial charge on any atom is 0.276 e. The molecule has 0 saturated carbocycles. The lowest BCUT2D eigenvalue weighted by molar-refractivity contribution is 0.102. The maximum absolute atomic E-state index is 13.0. The Morgan fingerprint density at radius 3 is 2.65 bits per heavy atom. The van der Waals surface area contributed by atoms with Crippen molar-refractivity contribution in [2.45, 2.75) is 26.2 Å². The first-order valence-corrected chi connectivity index (χ1v) is 10.2. The Bertz CT molecular complexity index is 1280. The molecular formula is C24H21N5O2. The quantitative estimate of drug-likeness (QED) is 0.528. The molecule has 1 aliphatic carbocycles.